The highest BCUT2D eigenvalue weighted by Crippen LogP contribution is 2.51. The van der Waals surface area contributed by atoms with Gasteiger partial charge in [-0.2, -0.15) is 0 Å². The molecule has 2 saturated carbocycles. The third kappa shape index (κ3) is 11.3. The Kier molecular flexibility index (Phi) is 15.4. The fraction of sp³-hybridized carbons (Fsp3) is 0.476. The fourth-order valence-electron chi connectivity index (χ4n) is 13.9. The maximum atomic E-state index is 13.0. The van der Waals surface area contributed by atoms with Crippen LogP contribution in [0.25, 0.3) is 10.9 Å². The molecule has 420 valence electrons. The zero-order valence-electron chi connectivity index (χ0n) is 45.5. The number of allylic oxidation sites excluding steroid dienone is 3. The van der Waals surface area contributed by atoms with Crippen LogP contribution in [0.4, 0.5) is 0 Å². The fourth-order valence-corrected chi connectivity index (χ4v) is 13.9. The number of aliphatic imine (C=N–C) groups is 1. The number of guanidine groups is 1. The highest BCUT2D eigenvalue weighted by molar-refractivity contribution is 5.83. The number of ether oxygens (including phenoxy) is 4. The molecule has 4 aliphatic heterocycles. The molecule has 10 N–H and O–H groups in total. The number of benzene rings is 2. The van der Waals surface area contributed by atoms with Crippen molar-refractivity contribution in [3.05, 3.63) is 132 Å². The van der Waals surface area contributed by atoms with Gasteiger partial charge in [-0.05, 0) is 116 Å². The van der Waals surface area contributed by atoms with Crippen LogP contribution in [0.2, 0.25) is 0 Å². The summed E-state index contributed by atoms with van der Waals surface area (Å²) in [5.74, 6) is 7.41. The molecule has 0 radical (unpaired) electrons. The van der Waals surface area contributed by atoms with E-state index in [9.17, 15) is 20.1 Å². The second-order valence-electron chi connectivity index (χ2n) is 23.0. The number of nitrogens with zero attached hydrogens (tertiary/aromatic N) is 3. The van der Waals surface area contributed by atoms with Crippen molar-refractivity contribution in [1.82, 2.24) is 35.8 Å². The molecule has 17 heteroatoms. The number of aromatic nitrogens is 3. The number of esters is 1. The lowest BCUT2D eigenvalue weighted by molar-refractivity contribution is -0.179. The van der Waals surface area contributed by atoms with E-state index in [1.165, 1.54) is 37.8 Å². The lowest BCUT2D eigenvalue weighted by Crippen LogP contribution is -2.73. The first-order chi connectivity index (χ1) is 39.0. The molecule has 17 nitrogen and oxygen atoms in total. The minimum Gasteiger partial charge on any atom is -0.504 e. The Morgan fingerprint density at radius 1 is 1.02 bits per heavy atom. The molecular weight excluding hydrogens is 1010 g/mol. The van der Waals surface area contributed by atoms with Gasteiger partial charge in [0.25, 0.3) is 0 Å². The highest BCUT2D eigenvalue weighted by Gasteiger charge is 2.57. The Bertz CT molecular complexity index is 3200. The summed E-state index contributed by atoms with van der Waals surface area (Å²) in [5.41, 5.74) is 10.2. The molecule has 5 aromatic rings. The van der Waals surface area contributed by atoms with Crippen LogP contribution in [-0.4, -0.2) is 97.9 Å². The summed E-state index contributed by atoms with van der Waals surface area (Å²) in [6.07, 6.45) is 27.4. The number of aromatic hydroxyl groups is 3. The molecule has 2 saturated heterocycles. The Balaban J connectivity index is 0.929. The number of pyridine rings is 1. The molecule has 7 aliphatic rings. The molecule has 2 aromatic carbocycles. The first kappa shape index (κ1) is 53.1. The van der Waals surface area contributed by atoms with Crippen LogP contribution in [0.1, 0.15) is 107 Å². The van der Waals surface area contributed by atoms with Gasteiger partial charge in [0.05, 0.1) is 41.6 Å². The number of nitrogens with two attached hydrogens (primary N) is 1. The van der Waals surface area contributed by atoms with Crippen molar-refractivity contribution >= 4 is 22.8 Å². The van der Waals surface area contributed by atoms with Crippen molar-refractivity contribution < 1.29 is 39.1 Å². The van der Waals surface area contributed by atoms with Gasteiger partial charge in [0.1, 0.15) is 18.4 Å². The van der Waals surface area contributed by atoms with Crippen LogP contribution in [-0.2, 0) is 27.1 Å². The maximum Gasteiger partial charge on any atom is 0.302 e. The first-order valence-electron chi connectivity index (χ1n) is 29.0. The van der Waals surface area contributed by atoms with E-state index in [1.807, 2.05) is 36.5 Å². The third-order valence-electron chi connectivity index (χ3n) is 17.8. The van der Waals surface area contributed by atoms with E-state index in [1.54, 1.807) is 24.5 Å². The Morgan fingerprint density at radius 2 is 1.93 bits per heavy atom. The number of rotatable bonds is 14. The number of carbonyl (C=O) groups is 1. The van der Waals surface area contributed by atoms with E-state index >= 15 is 0 Å². The SMILES string of the molecule is CC(=O)OC1CC(c2cc(O)c(O)c(OCCc3cccnc3)c2)OC2C1C=CC1C#CC3C(CCCC34NC(=NCCCC3=CCNC(N)=C3)NC(n3cc5cc[nH]c5c3)C4CNC3CCCCC3)Oc3cc(ccc3O)CC12. The number of aromatic amines is 1. The summed E-state index contributed by atoms with van der Waals surface area (Å²) in [6.45, 7) is 3.67. The molecule has 11 unspecified atom stereocenters. The van der Waals surface area contributed by atoms with E-state index < -0.39 is 41.8 Å². The van der Waals surface area contributed by atoms with Crippen molar-refractivity contribution in [3.63, 3.8) is 0 Å². The first-order valence-corrected chi connectivity index (χ1v) is 29.0. The number of H-pyrrole nitrogens is 1. The molecule has 11 atom stereocenters. The summed E-state index contributed by atoms with van der Waals surface area (Å²) in [4.78, 5) is 25.9. The summed E-state index contributed by atoms with van der Waals surface area (Å²) in [7, 11) is 0. The minimum atomic E-state index is -0.678. The molecular formula is C63H75N9O8. The van der Waals surface area contributed by atoms with Crippen molar-refractivity contribution in [2.45, 2.75) is 133 Å². The summed E-state index contributed by atoms with van der Waals surface area (Å²) < 4.78 is 29.1. The van der Waals surface area contributed by atoms with Crippen molar-refractivity contribution in [2.75, 3.05) is 26.2 Å². The number of carbonyl (C=O) groups excluding carboxylic acids is 1. The summed E-state index contributed by atoms with van der Waals surface area (Å²) in [5, 5.41) is 50.4. The van der Waals surface area contributed by atoms with Gasteiger partial charge in [-0.3, -0.25) is 14.8 Å². The Hall–Kier alpha value is -7.55. The van der Waals surface area contributed by atoms with Gasteiger partial charge in [0.2, 0.25) is 5.75 Å². The molecule has 0 amide bonds. The normalized spacial score (nSPS) is 29.6. The van der Waals surface area contributed by atoms with Gasteiger partial charge >= 0.3 is 5.97 Å². The minimum absolute atomic E-state index is 0.0589. The number of hydrogen-bond donors (Lipinski definition) is 9. The van der Waals surface area contributed by atoms with Crippen LogP contribution in [0, 0.1) is 41.4 Å². The number of dihydropyridines is 1. The largest absolute Gasteiger partial charge is 0.504 e. The molecule has 3 aromatic heterocycles. The second-order valence-corrected chi connectivity index (χ2v) is 23.0. The molecule has 4 fully saturated rings. The Labute approximate surface area is 467 Å². The number of phenolic OH excluding ortho intramolecular Hbond substituents is 3. The Morgan fingerprint density at radius 3 is 2.76 bits per heavy atom. The van der Waals surface area contributed by atoms with Gasteiger partial charge in [-0.15, -0.1) is 0 Å². The van der Waals surface area contributed by atoms with Crippen LogP contribution in [0.3, 0.4) is 0 Å². The van der Waals surface area contributed by atoms with E-state index in [-0.39, 0.29) is 59.4 Å². The van der Waals surface area contributed by atoms with Gasteiger partial charge in [-0.25, -0.2) is 0 Å². The molecule has 7 heterocycles. The molecule has 2 bridgehead atoms. The van der Waals surface area contributed by atoms with E-state index in [0.29, 0.717) is 62.1 Å². The average Bonchev–Trinajstić information content (AvgIpc) is 4.23. The van der Waals surface area contributed by atoms with E-state index in [0.717, 1.165) is 72.9 Å². The van der Waals surface area contributed by atoms with E-state index in [2.05, 4.69) is 84.3 Å². The van der Waals surface area contributed by atoms with Gasteiger partial charge < -0.3 is 70.8 Å². The summed E-state index contributed by atoms with van der Waals surface area (Å²) in [6, 6.07) is 15.2. The smallest absolute Gasteiger partial charge is 0.302 e. The van der Waals surface area contributed by atoms with Gasteiger partial charge in [0.15, 0.2) is 29.0 Å². The standard InChI is InChI=1S/C63H75N9O8/c1-38(73)78-55-33-54(44-31-52(75)59(76)57(32-44)77-27-21-40-9-6-23-65-34-40)80-60-46(55)16-14-42-15-17-48-53(79-56-29-41(28-47(42)60)13-18-51(56)74)12-5-22-63(48)49(35-69-45-10-3-2-4-11-45)61(72-36-43-20-26-66-50(43)37-72)70-62(71-63)68-24-7-8-39-19-25-67-58(64)30-39/h6,9,13-14,16,18-20,23,26,29-32,34,36-37,42,45-49,53-55,60-61,66-67,69,74-76H,2-5,7-8,10-12,21-22,24-25,27-28,33,35,64H2,1H3,(H2,68,70,71). The van der Waals surface area contributed by atoms with Crippen LogP contribution in [0.15, 0.2) is 120 Å². The van der Waals surface area contributed by atoms with Crippen molar-refractivity contribution in [1.29, 1.82) is 0 Å². The lowest BCUT2D eigenvalue weighted by Gasteiger charge is -2.56. The molecule has 1 spiro atoms. The number of hydrogen-bond acceptors (Lipinski definition) is 13. The number of phenols is 3. The van der Waals surface area contributed by atoms with Crippen molar-refractivity contribution in [3.8, 4) is 40.6 Å². The lowest BCUT2D eigenvalue weighted by atomic mass is 9.62. The summed E-state index contributed by atoms with van der Waals surface area (Å²) >= 11 is 0. The quantitative estimate of drug-likeness (QED) is 0.0168. The molecule has 80 heavy (non-hydrogen) atoms. The predicted molar refractivity (Wildman–Crippen MR) is 305 cm³/mol. The monoisotopic (exact) mass is 1090 g/mol. The molecule has 12 rings (SSSR count). The highest BCUT2D eigenvalue weighted by atomic mass is 16.6. The number of fused-ring (bicyclic) bond motifs is 8. The van der Waals surface area contributed by atoms with Crippen LogP contribution < -0.4 is 36.5 Å². The van der Waals surface area contributed by atoms with Crippen molar-refractivity contribution in [2.24, 2.45) is 40.3 Å². The second kappa shape index (κ2) is 23.3. The predicted octanol–water partition coefficient (Wildman–Crippen LogP) is 8.22. The molecule has 3 aliphatic carbocycles. The van der Waals surface area contributed by atoms with Gasteiger partial charge in [-0.1, -0.05) is 61.5 Å². The van der Waals surface area contributed by atoms with Crippen LogP contribution >= 0.6 is 0 Å². The topological polar surface area (TPSA) is 235 Å². The average molecular weight is 1090 g/mol. The van der Waals surface area contributed by atoms with E-state index in [4.69, 9.17) is 29.7 Å². The maximum absolute atomic E-state index is 13.0. The van der Waals surface area contributed by atoms with Gasteiger partial charge in [0, 0.05) is 105 Å². The zero-order chi connectivity index (χ0) is 54.7. The zero-order valence-corrected chi connectivity index (χ0v) is 45.5. The third-order valence-corrected chi connectivity index (χ3v) is 17.8. The van der Waals surface area contributed by atoms with Crippen LogP contribution in [0.5, 0.6) is 28.7 Å². The number of nitrogens with one attached hydrogen (secondary N) is 5.